The van der Waals surface area contributed by atoms with Gasteiger partial charge >= 0.3 is 6.03 Å². The molecule has 1 aliphatic rings. The van der Waals surface area contributed by atoms with Gasteiger partial charge in [-0.05, 0) is 19.9 Å². The summed E-state index contributed by atoms with van der Waals surface area (Å²) in [7, 11) is 0. The van der Waals surface area contributed by atoms with E-state index < -0.39 is 29.5 Å². The smallest absolute Gasteiger partial charge is 0.315 e. The minimum Gasteiger partial charge on any atom is -0.348 e. The summed E-state index contributed by atoms with van der Waals surface area (Å²) in [5.41, 5.74) is 0.228. The zero-order valence-corrected chi connectivity index (χ0v) is 12.6. The van der Waals surface area contributed by atoms with E-state index in [0.717, 1.165) is 12.1 Å². The molecule has 0 radical (unpaired) electrons. The van der Waals surface area contributed by atoms with Crippen LogP contribution in [0.25, 0.3) is 0 Å². The van der Waals surface area contributed by atoms with Gasteiger partial charge in [0.25, 0.3) is 0 Å². The highest BCUT2D eigenvalue weighted by Gasteiger charge is 2.30. The lowest BCUT2D eigenvalue weighted by Crippen LogP contribution is -2.40. The lowest BCUT2D eigenvalue weighted by molar-refractivity contribution is -0.145. The number of hydrogen-bond donors (Lipinski definition) is 2. The first-order chi connectivity index (χ1) is 10.4. The molecule has 1 unspecified atom stereocenters. The van der Waals surface area contributed by atoms with E-state index in [4.69, 9.17) is 9.47 Å². The molecule has 1 saturated heterocycles. The first kappa shape index (κ1) is 16.6. The van der Waals surface area contributed by atoms with Crippen molar-refractivity contribution in [3.05, 3.63) is 35.4 Å². The van der Waals surface area contributed by atoms with E-state index in [1.165, 1.54) is 6.07 Å². The first-order valence-electron chi connectivity index (χ1n) is 7.17. The summed E-state index contributed by atoms with van der Waals surface area (Å²) < 4.78 is 37.3. The highest BCUT2D eigenvalue weighted by molar-refractivity contribution is 5.74. The average Bonchev–Trinajstić information content (AvgIpc) is 2.85. The number of ether oxygens (including phenoxy) is 2. The summed E-state index contributed by atoms with van der Waals surface area (Å²) in [6.45, 7) is 4.89. The van der Waals surface area contributed by atoms with Gasteiger partial charge in [0.05, 0.1) is 19.3 Å². The highest BCUT2D eigenvalue weighted by Crippen LogP contribution is 2.21. The summed E-state index contributed by atoms with van der Waals surface area (Å²) in [4.78, 5) is 11.8. The molecule has 1 fully saturated rings. The van der Waals surface area contributed by atoms with Gasteiger partial charge < -0.3 is 20.1 Å². The van der Waals surface area contributed by atoms with Crippen molar-refractivity contribution in [3.63, 3.8) is 0 Å². The second kappa shape index (κ2) is 7.02. The van der Waals surface area contributed by atoms with Crippen LogP contribution in [0.3, 0.4) is 0 Å². The van der Waals surface area contributed by atoms with E-state index in [2.05, 4.69) is 10.6 Å². The van der Waals surface area contributed by atoms with Crippen molar-refractivity contribution < 1.29 is 23.0 Å². The summed E-state index contributed by atoms with van der Waals surface area (Å²) in [6.07, 6.45) is 0.514. The van der Waals surface area contributed by atoms with Crippen LogP contribution in [0.4, 0.5) is 13.6 Å². The largest absolute Gasteiger partial charge is 0.348 e. The quantitative estimate of drug-likeness (QED) is 0.878. The third-order valence-electron chi connectivity index (χ3n) is 3.54. The molecule has 0 spiro atoms. The number of hydrogen-bond acceptors (Lipinski definition) is 3. The van der Waals surface area contributed by atoms with Crippen LogP contribution in [0.2, 0.25) is 0 Å². The topological polar surface area (TPSA) is 59.6 Å². The molecule has 0 aromatic heterocycles. The maximum Gasteiger partial charge on any atom is 0.315 e. The molecule has 122 valence electrons. The van der Waals surface area contributed by atoms with E-state index in [9.17, 15) is 13.6 Å². The fourth-order valence-electron chi connectivity index (χ4n) is 2.28. The molecule has 7 heteroatoms. The van der Waals surface area contributed by atoms with E-state index >= 15 is 0 Å². The number of benzene rings is 1. The Balaban J connectivity index is 1.78. The van der Waals surface area contributed by atoms with Crippen molar-refractivity contribution in [2.24, 2.45) is 0 Å². The third-order valence-corrected chi connectivity index (χ3v) is 3.54. The Morgan fingerprint density at radius 1 is 1.36 bits per heavy atom. The number of urea groups is 1. The van der Waals surface area contributed by atoms with Crippen LogP contribution in [-0.2, 0) is 9.47 Å². The first-order valence-corrected chi connectivity index (χ1v) is 7.17. The van der Waals surface area contributed by atoms with E-state index in [1.54, 1.807) is 6.92 Å². The summed E-state index contributed by atoms with van der Waals surface area (Å²) in [5.74, 6) is -2.00. The third kappa shape index (κ3) is 4.38. The van der Waals surface area contributed by atoms with Crippen LogP contribution in [0.5, 0.6) is 0 Å². The molecule has 22 heavy (non-hydrogen) atoms. The number of carbonyl (C=O) groups excluding carboxylic acids is 1. The highest BCUT2D eigenvalue weighted by atomic mass is 19.1. The molecular weight excluding hydrogens is 294 g/mol. The van der Waals surface area contributed by atoms with Crippen molar-refractivity contribution in [2.75, 3.05) is 19.8 Å². The molecule has 1 aromatic carbocycles. The van der Waals surface area contributed by atoms with Gasteiger partial charge in [0.1, 0.15) is 11.6 Å². The molecule has 0 aliphatic carbocycles. The second-order valence-electron chi connectivity index (χ2n) is 5.37. The lowest BCUT2D eigenvalue weighted by atomic mass is 10.1. The van der Waals surface area contributed by atoms with E-state index in [-0.39, 0.29) is 5.56 Å². The predicted octanol–water partition coefficient (Wildman–Crippen LogP) is 2.48. The number of nitrogens with one attached hydrogen (secondary N) is 2. The lowest BCUT2D eigenvalue weighted by Gasteiger charge is -2.22. The SMILES string of the molecule is CC(NC(=O)NCCC1(C)OCCO1)c1ccc(F)cc1F. The Labute approximate surface area is 128 Å². The minimum atomic E-state index is -0.687. The number of halogens is 2. The predicted molar refractivity (Wildman–Crippen MR) is 76.2 cm³/mol. The van der Waals surface area contributed by atoms with Gasteiger partial charge in [-0.1, -0.05) is 6.07 Å². The summed E-state index contributed by atoms with van der Waals surface area (Å²) >= 11 is 0. The molecule has 2 rings (SSSR count). The zero-order valence-electron chi connectivity index (χ0n) is 12.6. The maximum atomic E-state index is 13.6. The van der Waals surface area contributed by atoms with Gasteiger partial charge in [0.2, 0.25) is 0 Å². The van der Waals surface area contributed by atoms with Crippen molar-refractivity contribution in [1.29, 1.82) is 0 Å². The fourth-order valence-corrected chi connectivity index (χ4v) is 2.28. The molecule has 5 nitrogen and oxygen atoms in total. The van der Waals surface area contributed by atoms with Crippen molar-refractivity contribution in [2.45, 2.75) is 32.1 Å². The van der Waals surface area contributed by atoms with Gasteiger partial charge in [-0.25, -0.2) is 13.6 Å². The maximum absolute atomic E-state index is 13.6. The van der Waals surface area contributed by atoms with Gasteiger partial charge in [0, 0.05) is 24.6 Å². The standard InChI is InChI=1S/C15H20F2N2O3/c1-10(12-4-3-11(16)9-13(12)17)19-14(20)18-6-5-15(2)21-7-8-22-15/h3-4,9-10H,5-8H2,1-2H3,(H2,18,19,20). The number of carbonyl (C=O) groups is 1. The van der Waals surface area contributed by atoms with Crippen molar-refractivity contribution in [3.8, 4) is 0 Å². The van der Waals surface area contributed by atoms with E-state index in [1.807, 2.05) is 6.92 Å². The molecule has 2 N–H and O–H groups in total. The molecule has 0 saturated carbocycles. The molecule has 1 atom stereocenters. The summed E-state index contributed by atoms with van der Waals surface area (Å²) in [6, 6.07) is 2.26. The normalized spacial score (nSPS) is 18.0. The molecule has 2 amide bonds. The molecule has 1 aliphatic heterocycles. The van der Waals surface area contributed by atoms with Gasteiger partial charge in [-0.3, -0.25) is 0 Å². The molecular formula is C15H20F2N2O3. The van der Waals surface area contributed by atoms with Crippen LogP contribution in [0.15, 0.2) is 18.2 Å². The van der Waals surface area contributed by atoms with Crippen molar-refractivity contribution >= 4 is 6.03 Å². The van der Waals surface area contributed by atoms with Crippen LogP contribution >= 0.6 is 0 Å². The van der Waals surface area contributed by atoms with Gasteiger partial charge in [-0.2, -0.15) is 0 Å². The Morgan fingerprint density at radius 3 is 2.68 bits per heavy atom. The Kier molecular flexibility index (Phi) is 5.31. The summed E-state index contributed by atoms with van der Waals surface area (Å²) in [5, 5.41) is 5.26. The molecule has 1 aromatic rings. The van der Waals surface area contributed by atoms with Gasteiger partial charge in [-0.15, -0.1) is 0 Å². The van der Waals surface area contributed by atoms with Gasteiger partial charge in [0.15, 0.2) is 5.79 Å². The van der Waals surface area contributed by atoms with Crippen molar-refractivity contribution in [1.82, 2.24) is 10.6 Å². The number of rotatable bonds is 5. The van der Waals surface area contributed by atoms with Crippen LogP contribution in [-0.4, -0.2) is 31.6 Å². The van der Waals surface area contributed by atoms with Crippen LogP contribution in [0, 0.1) is 11.6 Å². The van der Waals surface area contributed by atoms with Crippen LogP contribution < -0.4 is 10.6 Å². The average molecular weight is 314 g/mol. The Bertz CT molecular complexity index is 534. The van der Waals surface area contributed by atoms with Crippen LogP contribution in [0.1, 0.15) is 31.9 Å². The minimum absolute atomic E-state index is 0.228. The Morgan fingerprint density at radius 2 is 2.05 bits per heavy atom. The monoisotopic (exact) mass is 314 g/mol. The fraction of sp³-hybridized carbons (Fsp3) is 0.533. The molecule has 1 heterocycles. The second-order valence-corrected chi connectivity index (χ2v) is 5.37. The molecule has 0 bridgehead atoms. The van der Waals surface area contributed by atoms with E-state index in [0.29, 0.717) is 26.2 Å². The zero-order chi connectivity index (χ0) is 16.2. The number of amides is 2. The Hall–Kier alpha value is -1.73.